The van der Waals surface area contributed by atoms with E-state index in [0.717, 1.165) is 29.5 Å². The number of nitrogens with one attached hydrogen (secondary N) is 3. The number of hydrogen-bond acceptors (Lipinski definition) is 7. The van der Waals surface area contributed by atoms with Gasteiger partial charge in [0.05, 0.1) is 12.1 Å². The molecule has 1 aliphatic rings. The molecule has 10 heteroatoms. The Labute approximate surface area is 316 Å². The van der Waals surface area contributed by atoms with Gasteiger partial charge in [0.15, 0.2) is 0 Å². The third-order valence-corrected chi connectivity index (χ3v) is 10.0. The second-order valence-electron chi connectivity index (χ2n) is 15.3. The van der Waals surface area contributed by atoms with Gasteiger partial charge in [0.2, 0.25) is 11.8 Å². The third kappa shape index (κ3) is 13.5. The maximum Gasteiger partial charge on any atom is 0.407 e. The molecule has 10 nitrogen and oxygen atoms in total. The highest BCUT2D eigenvalue weighted by Crippen LogP contribution is 2.23. The summed E-state index contributed by atoms with van der Waals surface area (Å²) in [6, 6.07) is 26.1. The molecule has 0 aliphatic carbocycles. The van der Waals surface area contributed by atoms with Crippen LogP contribution in [0.3, 0.4) is 0 Å². The van der Waals surface area contributed by atoms with Gasteiger partial charge in [-0.2, -0.15) is 0 Å². The van der Waals surface area contributed by atoms with E-state index in [2.05, 4.69) is 16.0 Å². The van der Waals surface area contributed by atoms with Gasteiger partial charge in [0, 0.05) is 25.0 Å². The first kappa shape index (κ1) is 41.3. The molecule has 3 aromatic carbocycles. The largest absolute Gasteiger partial charge is 0.489 e. The maximum absolute atomic E-state index is 14.4. The fourth-order valence-corrected chi connectivity index (χ4v) is 6.64. The summed E-state index contributed by atoms with van der Waals surface area (Å²) in [5.74, 6) is -0.496. The molecule has 5 unspecified atom stereocenters. The normalized spacial score (nSPS) is 16.5. The van der Waals surface area contributed by atoms with E-state index in [4.69, 9.17) is 9.47 Å². The Morgan fingerprint density at radius 1 is 0.849 bits per heavy atom. The number of rotatable bonds is 17. The van der Waals surface area contributed by atoms with Gasteiger partial charge in [-0.25, -0.2) is 4.79 Å². The third-order valence-electron chi connectivity index (χ3n) is 10.0. The molecule has 4 N–H and O–H groups in total. The number of aliphatic hydroxyl groups excluding tert-OH is 1. The van der Waals surface area contributed by atoms with Gasteiger partial charge < -0.3 is 35.4 Å². The number of aliphatic hydroxyl groups is 1. The second-order valence-corrected chi connectivity index (χ2v) is 15.3. The highest BCUT2D eigenvalue weighted by molar-refractivity contribution is 5.89. The van der Waals surface area contributed by atoms with Crippen LogP contribution in [0.4, 0.5) is 4.79 Å². The number of piperidine rings is 1. The molecule has 1 heterocycles. The number of ether oxygens (including phenoxy) is 2. The average molecular weight is 729 g/mol. The first-order valence-corrected chi connectivity index (χ1v) is 19.1. The van der Waals surface area contributed by atoms with E-state index in [1.54, 1.807) is 20.8 Å². The molecular weight excluding hydrogens is 668 g/mol. The van der Waals surface area contributed by atoms with E-state index >= 15 is 0 Å². The summed E-state index contributed by atoms with van der Waals surface area (Å²) in [6.45, 7) is 11.0. The van der Waals surface area contributed by atoms with E-state index in [0.29, 0.717) is 50.8 Å². The van der Waals surface area contributed by atoms with Crippen molar-refractivity contribution in [3.63, 3.8) is 0 Å². The van der Waals surface area contributed by atoms with Gasteiger partial charge >= 0.3 is 6.09 Å². The van der Waals surface area contributed by atoms with Crippen LogP contribution in [0.1, 0.15) is 77.0 Å². The van der Waals surface area contributed by atoms with E-state index in [1.165, 1.54) is 0 Å². The first-order chi connectivity index (χ1) is 25.3. The quantitative estimate of drug-likeness (QED) is 0.133. The fourth-order valence-electron chi connectivity index (χ4n) is 6.64. The van der Waals surface area contributed by atoms with E-state index in [-0.39, 0.29) is 24.2 Å². The van der Waals surface area contributed by atoms with Crippen molar-refractivity contribution < 1.29 is 29.0 Å². The van der Waals surface area contributed by atoms with Crippen LogP contribution in [-0.2, 0) is 33.8 Å². The Kier molecular flexibility index (Phi) is 15.7. The minimum absolute atomic E-state index is 0.0420. The Morgan fingerprint density at radius 3 is 2.00 bits per heavy atom. The van der Waals surface area contributed by atoms with Crippen LogP contribution in [0.15, 0.2) is 84.9 Å². The fraction of sp³-hybridized carbons (Fsp3) is 0.512. The highest BCUT2D eigenvalue weighted by atomic mass is 16.6. The topological polar surface area (TPSA) is 129 Å². The molecule has 288 valence electrons. The summed E-state index contributed by atoms with van der Waals surface area (Å²) in [4.78, 5) is 43.2. The van der Waals surface area contributed by atoms with Crippen LogP contribution in [0.5, 0.6) is 5.75 Å². The van der Waals surface area contributed by atoms with Crippen molar-refractivity contribution in [2.24, 2.45) is 11.8 Å². The van der Waals surface area contributed by atoms with Gasteiger partial charge in [0.1, 0.15) is 24.0 Å². The standard InChI is InChI=1S/C43H60N4O6/c1-7-30(2)39(41(50)47-24-22-35(44-6)23-25-47)46-40(49)34(26-32-18-20-36(21-19-32)52-29-33-16-12-9-13-17-33)28-38(48)37(27-31-14-10-8-11-15-31)45-42(51)53-43(3,4)5/h8-21,30,34-35,37-39,44,48H,7,22-29H2,1-6H3,(H,45,51)(H,46,49). The van der Waals surface area contributed by atoms with Crippen molar-refractivity contribution in [3.8, 4) is 5.75 Å². The monoisotopic (exact) mass is 728 g/mol. The number of alkyl carbamates (subject to hydrolysis) is 1. The molecule has 3 aromatic rings. The van der Waals surface area contributed by atoms with Crippen molar-refractivity contribution in [2.75, 3.05) is 20.1 Å². The van der Waals surface area contributed by atoms with Gasteiger partial charge in [0.25, 0.3) is 0 Å². The molecular formula is C43H60N4O6. The van der Waals surface area contributed by atoms with Crippen LogP contribution in [-0.4, -0.2) is 77.9 Å². The Balaban J connectivity index is 1.57. The van der Waals surface area contributed by atoms with Crippen molar-refractivity contribution in [3.05, 3.63) is 102 Å². The van der Waals surface area contributed by atoms with Crippen LogP contribution < -0.4 is 20.7 Å². The zero-order chi connectivity index (χ0) is 38.4. The molecule has 5 atom stereocenters. The number of benzene rings is 3. The predicted molar refractivity (Wildman–Crippen MR) is 208 cm³/mol. The van der Waals surface area contributed by atoms with Crippen LogP contribution in [0, 0.1) is 11.8 Å². The zero-order valence-corrected chi connectivity index (χ0v) is 32.3. The lowest BCUT2D eigenvalue weighted by Crippen LogP contribution is -2.56. The summed E-state index contributed by atoms with van der Waals surface area (Å²) in [6.07, 6.45) is 1.36. The lowest BCUT2D eigenvalue weighted by atomic mass is 9.87. The number of carbonyl (C=O) groups excluding carboxylic acids is 3. The van der Waals surface area contributed by atoms with Crippen LogP contribution in [0.25, 0.3) is 0 Å². The molecule has 1 aliphatic heterocycles. The second kappa shape index (κ2) is 20.2. The van der Waals surface area contributed by atoms with E-state index < -0.39 is 35.8 Å². The number of carbonyl (C=O) groups is 3. The first-order valence-electron chi connectivity index (χ1n) is 19.1. The van der Waals surface area contributed by atoms with Crippen molar-refractivity contribution in [2.45, 2.75) is 110 Å². The number of amides is 3. The van der Waals surface area contributed by atoms with E-state index in [1.807, 2.05) is 111 Å². The maximum atomic E-state index is 14.4. The highest BCUT2D eigenvalue weighted by Gasteiger charge is 2.35. The SMILES string of the molecule is CCC(C)C(NC(=O)C(Cc1ccc(OCc2ccccc2)cc1)CC(O)C(Cc1ccccc1)NC(=O)OC(C)(C)C)C(=O)N1CCC(NC)CC1. The van der Waals surface area contributed by atoms with E-state index in [9.17, 15) is 19.5 Å². The summed E-state index contributed by atoms with van der Waals surface area (Å²) >= 11 is 0. The van der Waals surface area contributed by atoms with Crippen molar-refractivity contribution in [1.82, 2.24) is 20.9 Å². The van der Waals surface area contributed by atoms with Gasteiger partial charge in [-0.15, -0.1) is 0 Å². The summed E-state index contributed by atoms with van der Waals surface area (Å²) in [5.41, 5.74) is 2.13. The Hall–Kier alpha value is -4.41. The molecule has 0 spiro atoms. The van der Waals surface area contributed by atoms with Crippen LogP contribution in [0.2, 0.25) is 0 Å². The molecule has 0 bridgehead atoms. The molecule has 0 saturated carbocycles. The Morgan fingerprint density at radius 2 is 1.43 bits per heavy atom. The molecule has 1 fully saturated rings. The minimum atomic E-state index is -1.11. The molecule has 4 rings (SSSR count). The molecule has 1 saturated heterocycles. The molecule has 3 amide bonds. The molecule has 53 heavy (non-hydrogen) atoms. The van der Waals surface area contributed by atoms with Gasteiger partial charge in [-0.05, 0) is 94.7 Å². The smallest absolute Gasteiger partial charge is 0.407 e. The summed E-state index contributed by atoms with van der Waals surface area (Å²) in [5, 5.41) is 21.2. The van der Waals surface area contributed by atoms with Crippen LogP contribution >= 0.6 is 0 Å². The molecule has 0 radical (unpaired) electrons. The van der Waals surface area contributed by atoms with Gasteiger partial charge in [-0.3, -0.25) is 9.59 Å². The minimum Gasteiger partial charge on any atom is -0.489 e. The Bertz CT molecular complexity index is 1560. The predicted octanol–water partition coefficient (Wildman–Crippen LogP) is 6.05. The zero-order valence-electron chi connectivity index (χ0n) is 32.3. The van der Waals surface area contributed by atoms with Crippen molar-refractivity contribution in [1.29, 1.82) is 0 Å². The lowest BCUT2D eigenvalue weighted by Gasteiger charge is -2.36. The number of likely N-dealkylation sites (tertiary alicyclic amines) is 1. The van der Waals surface area contributed by atoms with Crippen molar-refractivity contribution >= 4 is 17.9 Å². The summed E-state index contributed by atoms with van der Waals surface area (Å²) in [7, 11) is 1.94. The number of nitrogens with zero attached hydrogens (tertiary/aromatic N) is 1. The summed E-state index contributed by atoms with van der Waals surface area (Å²) < 4.78 is 11.5. The lowest BCUT2D eigenvalue weighted by molar-refractivity contribution is -0.140. The van der Waals surface area contributed by atoms with Gasteiger partial charge in [-0.1, -0.05) is 93.1 Å². The molecule has 0 aromatic heterocycles. The average Bonchev–Trinajstić information content (AvgIpc) is 3.15. The number of hydrogen-bond donors (Lipinski definition) is 4.